The third kappa shape index (κ3) is 5.51. The molecule has 1 fully saturated rings. The molecule has 0 radical (unpaired) electrons. The van der Waals surface area contributed by atoms with Gasteiger partial charge in [0.2, 0.25) is 11.8 Å². The molecule has 174 valence electrons. The molecule has 1 aromatic heterocycles. The van der Waals surface area contributed by atoms with Crippen LogP contribution in [-0.2, 0) is 15.0 Å². The van der Waals surface area contributed by atoms with E-state index in [-0.39, 0.29) is 11.7 Å². The topological polar surface area (TPSA) is 107 Å². The predicted molar refractivity (Wildman–Crippen MR) is 116 cm³/mol. The van der Waals surface area contributed by atoms with Crippen LogP contribution < -0.4 is 10.6 Å². The summed E-state index contributed by atoms with van der Waals surface area (Å²) in [5, 5.41) is 22.3. The summed E-state index contributed by atoms with van der Waals surface area (Å²) in [7, 11) is 0. The van der Waals surface area contributed by atoms with E-state index >= 15 is 0 Å². The van der Waals surface area contributed by atoms with E-state index in [2.05, 4.69) is 20.8 Å². The molecule has 0 spiro atoms. The monoisotopic (exact) mass is 448 g/mol. The Morgan fingerprint density at radius 2 is 1.72 bits per heavy atom. The fourth-order valence-electron chi connectivity index (χ4n) is 4.04. The fraction of sp³-hybridized carbons (Fsp3) is 0.522. The number of aromatic amines is 1. The van der Waals surface area contributed by atoms with Crippen molar-refractivity contribution in [3.05, 3.63) is 47.2 Å². The maximum atomic E-state index is 13.6. The SMILES string of the molecule is C[C@H](NC(=O)[C@@H](O)C1CCCCC1)C(=O)Nc1cc(C(C)(C)c2cc(F)cc(F)c2)[nH]n1. The van der Waals surface area contributed by atoms with Crippen LogP contribution in [0.5, 0.6) is 0 Å². The van der Waals surface area contributed by atoms with Gasteiger partial charge < -0.3 is 15.7 Å². The van der Waals surface area contributed by atoms with E-state index in [1.54, 1.807) is 19.9 Å². The molecule has 9 heteroatoms. The van der Waals surface area contributed by atoms with Crippen LogP contribution in [0.3, 0.4) is 0 Å². The number of halogens is 2. The van der Waals surface area contributed by atoms with E-state index in [0.29, 0.717) is 11.3 Å². The molecule has 0 unspecified atom stereocenters. The van der Waals surface area contributed by atoms with Gasteiger partial charge in [-0.25, -0.2) is 8.78 Å². The lowest BCUT2D eigenvalue weighted by Crippen LogP contribution is -2.48. The van der Waals surface area contributed by atoms with Crippen molar-refractivity contribution in [3.8, 4) is 0 Å². The molecule has 0 saturated heterocycles. The Labute approximate surface area is 186 Å². The number of hydrogen-bond donors (Lipinski definition) is 4. The van der Waals surface area contributed by atoms with E-state index in [1.165, 1.54) is 19.1 Å². The van der Waals surface area contributed by atoms with Crippen LogP contribution in [0.4, 0.5) is 14.6 Å². The number of aromatic nitrogens is 2. The van der Waals surface area contributed by atoms with Crippen molar-refractivity contribution in [1.82, 2.24) is 15.5 Å². The van der Waals surface area contributed by atoms with Crippen LogP contribution in [0.15, 0.2) is 24.3 Å². The minimum atomic E-state index is -1.13. The minimum absolute atomic E-state index is 0.0807. The van der Waals surface area contributed by atoms with Crippen LogP contribution in [0.25, 0.3) is 0 Å². The van der Waals surface area contributed by atoms with Gasteiger partial charge in [0.05, 0.1) is 0 Å². The molecule has 1 saturated carbocycles. The van der Waals surface area contributed by atoms with Crippen molar-refractivity contribution in [2.24, 2.45) is 5.92 Å². The van der Waals surface area contributed by atoms with Crippen LogP contribution >= 0.6 is 0 Å². The Kier molecular flexibility index (Phi) is 7.28. The number of nitrogens with one attached hydrogen (secondary N) is 3. The highest BCUT2D eigenvalue weighted by Crippen LogP contribution is 2.32. The average Bonchev–Trinajstić information content (AvgIpc) is 3.22. The lowest BCUT2D eigenvalue weighted by atomic mass is 9.81. The van der Waals surface area contributed by atoms with Gasteiger partial charge in [-0.2, -0.15) is 5.10 Å². The smallest absolute Gasteiger partial charge is 0.249 e. The second kappa shape index (κ2) is 9.77. The first kappa shape index (κ1) is 23.8. The lowest BCUT2D eigenvalue weighted by Gasteiger charge is -2.26. The Balaban J connectivity index is 1.61. The molecule has 1 heterocycles. The number of rotatable bonds is 7. The van der Waals surface area contributed by atoms with Gasteiger partial charge >= 0.3 is 0 Å². The first-order chi connectivity index (χ1) is 15.1. The quantitative estimate of drug-likeness (QED) is 0.521. The molecule has 1 aliphatic rings. The summed E-state index contributed by atoms with van der Waals surface area (Å²) in [6, 6.07) is 3.99. The van der Waals surface area contributed by atoms with Crippen molar-refractivity contribution >= 4 is 17.6 Å². The van der Waals surface area contributed by atoms with Crippen molar-refractivity contribution in [2.45, 2.75) is 70.4 Å². The summed E-state index contributed by atoms with van der Waals surface area (Å²) in [6.07, 6.45) is 3.57. The van der Waals surface area contributed by atoms with E-state index < -0.39 is 41.0 Å². The summed E-state index contributed by atoms with van der Waals surface area (Å²) < 4.78 is 27.3. The lowest BCUT2D eigenvalue weighted by molar-refractivity contribution is -0.135. The Morgan fingerprint density at radius 3 is 2.34 bits per heavy atom. The van der Waals surface area contributed by atoms with Gasteiger partial charge in [0.25, 0.3) is 0 Å². The van der Waals surface area contributed by atoms with Crippen molar-refractivity contribution in [2.75, 3.05) is 5.32 Å². The fourth-order valence-corrected chi connectivity index (χ4v) is 4.04. The van der Waals surface area contributed by atoms with E-state index in [1.807, 2.05) is 0 Å². The molecular formula is C23H30F2N4O3. The Morgan fingerprint density at radius 1 is 1.09 bits per heavy atom. The van der Waals surface area contributed by atoms with Gasteiger partial charge in [-0.3, -0.25) is 14.7 Å². The second-order valence-electron chi connectivity index (χ2n) is 9.01. The summed E-state index contributed by atoms with van der Waals surface area (Å²) in [5.74, 6) is -2.28. The number of amides is 2. The van der Waals surface area contributed by atoms with Gasteiger partial charge in [0.1, 0.15) is 23.8 Å². The summed E-state index contributed by atoms with van der Waals surface area (Å²) >= 11 is 0. The molecule has 32 heavy (non-hydrogen) atoms. The standard InChI is InChI=1S/C23H30F2N4O3/c1-13(26-22(32)20(30)14-7-5-4-6-8-14)21(31)27-19-12-18(28-29-19)23(2,3)15-9-16(24)11-17(25)10-15/h9-14,20,30H,4-8H2,1-3H3,(H,26,32)(H2,27,28,29,31)/t13-,20-/m0/s1. The predicted octanol–water partition coefficient (Wildman–Crippen LogP) is 3.40. The number of aliphatic hydroxyl groups excluding tert-OH is 1. The third-order valence-electron chi connectivity index (χ3n) is 6.20. The van der Waals surface area contributed by atoms with Crippen molar-refractivity contribution < 1.29 is 23.5 Å². The molecule has 1 aliphatic carbocycles. The zero-order chi connectivity index (χ0) is 23.5. The van der Waals surface area contributed by atoms with E-state index in [0.717, 1.165) is 38.2 Å². The normalized spacial score (nSPS) is 16.9. The number of aliphatic hydroxyl groups is 1. The Hall–Kier alpha value is -2.81. The van der Waals surface area contributed by atoms with Crippen LogP contribution in [-0.4, -0.2) is 39.3 Å². The molecule has 7 nitrogen and oxygen atoms in total. The molecule has 2 atom stereocenters. The molecule has 2 amide bonds. The third-order valence-corrected chi connectivity index (χ3v) is 6.20. The van der Waals surface area contributed by atoms with Crippen molar-refractivity contribution in [1.29, 1.82) is 0 Å². The van der Waals surface area contributed by atoms with E-state index in [9.17, 15) is 23.5 Å². The number of anilines is 1. The number of hydrogen-bond acceptors (Lipinski definition) is 4. The molecule has 2 aromatic rings. The zero-order valence-electron chi connectivity index (χ0n) is 18.5. The van der Waals surface area contributed by atoms with Gasteiger partial charge in [-0.1, -0.05) is 33.1 Å². The molecule has 0 bridgehead atoms. The number of nitrogens with zero attached hydrogens (tertiary/aromatic N) is 1. The second-order valence-corrected chi connectivity index (χ2v) is 9.01. The highest BCUT2D eigenvalue weighted by atomic mass is 19.1. The first-order valence-electron chi connectivity index (χ1n) is 10.9. The first-order valence-corrected chi connectivity index (χ1v) is 10.9. The van der Waals surface area contributed by atoms with Crippen LogP contribution in [0.1, 0.15) is 64.1 Å². The van der Waals surface area contributed by atoms with Gasteiger partial charge in [0, 0.05) is 23.2 Å². The van der Waals surface area contributed by atoms with Crippen molar-refractivity contribution in [3.63, 3.8) is 0 Å². The van der Waals surface area contributed by atoms with Gasteiger partial charge in [-0.05, 0) is 43.4 Å². The summed E-state index contributed by atoms with van der Waals surface area (Å²) in [6.45, 7) is 5.07. The summed E-state index contributed by atoms with van der Waals surface area (Å²) in [4.78, 5) is 24.8. The summed E-state index contributed by atoms with van der Waals surface area (Å²) in [5.41, 5.74) is 0.152. The van der Waals surface area contributed by atoms with Gasteiger partial charge in [0.15, 0.2) is 5.82 Å². The maximum absolute atomic E-state index is 13.6. The maximum Gasteiger partial charge on any atom is 0.249 e. The molecular weight excluding hydrogens is 418 g/mol. The zero-order valence-corrected chi connectivity index (χ0v) is 18.5. The minimum Gasteiger partial charge on any atom is -0.383 e. The molecule has 4 N–H and O–H groups in total. The number of benzene rings is 1. The number of H-pyrrole nitrogens is 1. The van der Waals surface area contributed by atoms with Gasteiger partial charge in [-0.15, -0.1) is 0 Å². The number of carbonyl (C=O) groups is 2. The highest BCUT2D eigenvalue weighted by Gasteiger charge is 2.30. The van der Waals surface area contributed by atoms with Crippen LogP contribution in [0.2, 0.25) is 0 Å². The largest absolute Gasteiger partial charge is 0.383 e. The Bertz CT molecular complexity index is 950. The average molecular weight is 449 g/mol. The molecule has 0 aliphatic heterocycles. The van der Waals surface area contributed by atoms with Crippen LogP contribution in [0, 0.1) is 17.6 Å². The molecule has 1 aromatic carbocycles. The highest BCUT2D eigenvalue weighted by molar-refractivity contribution is 5.96. The van der Waals surface area contributed by atoms with E-state index in [4.69, 9.17) is 0 Å². The molecule has 3 rings (SSSR count). The number of carbonyl (C=O) groups excluding carboxylic acids is 2.